The van der Waals surface area contributed by atoms with Gasteiger partial charge in [-0.15, -0.1) is 11.3 Å². The van der Waals surface area contributed by atoms with E-state index in [9.17, 15) is 4.79 Å². The molecule has 0 bridgehead atoms. The summed E-state index contributed by atoms with van der Waals surface area (Å²) in [5.41, 5.74) is 1.02. The average molecular weight is 320 g/mol. The maximum absolute atomic E-state index is 11.8. The van der Waals surface area contributed by atoms with Gasteiger partial charge in [-0.05, 0) is 35.7 Å². The van der Waals surface area contributed by atoms with E-state index in [0.29, 0.717) is 22.2 Å². The van der Waals surface area contributed by atoms with Gasteiger partial charge in [-0.1, -0.05) is 17.7 Å². The third kappa shape index (κ3) is 3.32. The van der Waals surface area contributed by atoms with E-state index in [-0.39, 0.29) is 6.61 Å². The zero-order valence-electron chi connectivity index (χ0n) is 10.8. The number of hydrogen-bond acceptors (Lipinski definition) is 5. The molecule has 0 saturated carbocycles. The van der Waals surface area contributed by atoms with Crippen LogP contribution < -0.4 is 0 Å². The normalized spacial score (nSPS) is 10.5. The molecule has 6 heteroatoms. The van der Waals surface area contributed by atoms with Crippen molar-refractivity contribution < 1.29 is 13.9 Å². The Hall–Kier alpha value is -2.11. The lowest BCUT2D eigenvalue weighted by molar-refractivity contribution is 0.0468. The molecule has 2 heterocycles. The van der Waals surface area contributed by atoms with Gasteiger partial charge in [0.15, 0.2) is 0 Å². The second-order valence-corrected chi connectivity index (χ2v) is 5.59. The van der Waals surface area contributed by atoms with Crippen LogP contribution in [0.5, 0.6) is 0 Å². The molecule has 2 aromatic heterocycles. The predicted octanol–water partition coefficient (Wildman–Crippen LogP) is 4.41. The van der Waals surface area contributed by atoms with Crippen molar-refractivity contribution in [3.05, 3.63) is 64.3 Å². The number of hydrogen-bond donors (Lipinski definition) is 0. The molecule has 0 radical (unpaired) electrons. The largest absolute Gasteiger partial charge is 0.455 e. The maximum atomic E-state index is 11.8. The van der Waals surface area contributed by atoms with Gasteiger partial charge in [0.05, 0.1) is 10.4 Å². The fraction of sp³-hybridized carbons (Fsp3) is 0.0667. The summed E-state index contributed by atoms with van der Waals surface area (Å²) >= 11 is 7.30. The molecule has 3 rings (SSSR count). The number of thiophene rings is 1. The summed E-state index contributed by atoms with van der Waals surface area (Å²) in [6.07, 6.45) is 1.49. The van der Waals surface area contributed by atoms with Gasteiger partial charge in [0.25, 0.3) is 0 Å². The van der Waals surface area contributed by atoms with Gasteiger partial charge < -0.3 is 9.15 Å². The molecule has 21 heavy (non-hydrogen) atoms. The summed E-state index contributed by atoms with van der Waals surface area (Å²) in [6.45, 7) is 0.0658. The number of nitrogens with zero attached hydrogens (tertiary/aromatic N) is 1. The van der Waals surface area contributed by atoms with Crippen LogP contribution in [0, 0.1) is 0 Å². The average Bonchev–Trinajstić information content (AvgIpc) is 3.16. The number of halogens is 1. The van der Waals surface area contributed by atoms with Crippen LogP contribution in [0.1, 0.15) is 16.1 Å². The Balaban J connectivity index is 1.62. The lowest BCUT2D eigenvalue weighted by Gasteiger charge is -2.02. The van der Waals surface area contributed by atoms with E-state index in [2.05, 4.69) is 4.98 Å². The molecule has 1 aromatic carbocycles. The van der Waals surface area contributed by atoms with Gasteiger partial charge >= 0.3 is 5.97 Å². The first-order valence-electron chi connectivity index (χ1n) is 6.13. The zero-order valence-corrected chi connectivity index (χ0v) is 12.4. The fourth-order valence-electron chi connectivity index (χ4n) is 1.70. The number of benzene rings is 1. The summed E-state index contributed by atoms with van der Waals surface area (Å²) in [6, 6.07) is 10.4. The van der Waals surface area contributed by atoms with Gasteiger partial charge in [-0.25, -0.2) is 9.78 Å². The third-order valence-electron chi connectivity index (χ3n) is 2.71. The molecule has 0 N–H and O–H groups in total. The number of carbonyl (C=O) groups is 1. The standard InChI is InChI=1S/C15H10ClNO3S/c16-11-5-3-10(4-6-11)15(18)20-9-12-8-19-14(17-12)13-2-1-7-21-13/h1-8H,9H2. The highest BCUT2D eigenvalue weighted by molar-refractivity contribution is 7.13. The summed E-state index contributed by atoms with van der Waals surface area (Å²) in [5, 5.41) is 2.52. The van der Waals surface area contributed by atoms with Crippen molar-refractivity contribution in [3.8, 4) is 10.8 Å². The summed E-state index contributed by atoms with van der Waals surface area (Å²) in [5.74, 6) is 0.106. The number of esters is 1. The Bertz CT molecular complexity index is 735. The molecule has 3 aromatic rings. The van der Waals surface area contributed by atoms with Gasteiger partial charge in [-0.3, -0.25) is 0 Å². The highest BCUT2D eigenvalue weighted by Crippen LogP contribution is 2.23. The van der Waals surface area contributed by atoms with Crippen LogP contribution in [0.2, 0.25) is 5.02 Å². The first kappa shape index (κ1) is 13.9. The minimum atomic E-state index is -0.424. The highest BCUT2D eigenvalue weighted by Gasteiger charge is 2.11. The monoisotopic (exact) mass is 319 g/mol. The molecular formula is C15H10ClNO3S. The Morgan fingerprint density at radius 2 is 2.10 bits per heavy atom. The zero-order chi connectivity index (χ0) is 14.7. The topological polar surface area (TPSA) is 52.3 Å². The molecule has 106 valence electrons. The van der Waals surface area contributed by atoms with E-state index < -0.39 is 5.97 Å². The van der Waals surface area contributed by atoms with Crippen LogP contribution in [-0.2, 0) is 11.3 Å². The number of rotatable bonds is 4. The first-order valence-corrected chi connectivity index (χ1v) is 7.39. The Labute approximate surface area is 130 Å². The van der Waals surface area contributed by atoms with E-state index in [1.165, 1.54) is 17.6 Å². The van der Waals surface area contributed by atoms with Crippen LogP contribution in [0.3, 0.4) is 0 Å². The molecule has 0 fully saturated rings. The van der Waals surface area contributed by atoms with Crippen molar-refractivity contribution in [1.29, 1.82) is 0 Å². The first-order chi connectivity index (χ1) is 10.2. The minimum absolute atomic E-state index is 0.0658. The van der Waals surface area contributed by atoms with E-state index in [1.54, 1.807) is 24.3 Å². The number of aromatic nitrogens is 1. The molecule has 4 nitrogen and oxygen atoms in total. The SMILES string of the molecule is O=C(OCc1coc(-c2cccs2)n1)c1ccc(Cl)cc1. The van der Waals surface area contributed by atoms with Crippen LogP contribution >= 0.6 is 22.9 Å². The molecule has 0 spiro atoms. The molecule has 0 aliphatic rings. The smallest absolute Gasteiger partial charge is 0.338 e. The van der Waals surface area contributed by atoms with E-state index in [1.807, 2.05) is 17.5 Å². The second-order valence-electron chi connectivity index (χ2n) is 4.20. The molecule has 0 atom stereocenters. The van der Waals surface area contributed by atoms with Crippen molar-refractivity contribution in [2.75, 3.05) is 0 Å². The maximum Gasteiger partial charge on any atom is 0.338 e. The summed E-state index contributed by atoms with van der Waals surface area (Å²) < 4.78 is 10.5. The molecule has 0 saturated heterocycles. The van der Waals surface area contributed by atoms with Crippen molar-refractivity contribution in [2.24, 2.45) is 0 Å². The molecule has 0 amide bonds. The van der Waals surface area contributed by atoms with Gasteiger partial charge in [0, 0.05) is 5.02 Å². The highest BCUT2D eigenvalue weighted by atomic mass is 35.5. The minimum Gasteiger partial charge on any atom is -0.455 e. The van der Waals surface area contributed by atoms with Gasteiger partial charge in [-0.2, -0.15) is 0 Å². The van der Waals surface area contributed by atoms with Crippen LogP contribution in [-0.4, -0.2) is 11.0 Å². The summed E-state index contributed by atoms with van der Waals surface area (Å²) in [4.78, 5) is 17.1. The molecular weight excluding hydrogens is 310 g/mol. The molecule has 0 aliphatic heterocycles. The van der Waals surface area contributed by atoms with Crippen molar-refractivity contribution in [3.63, 3.8) is 0 Å². The lowest BCUT2D eigenvalue weighted by atomic mass is 10.2. The number of ether oxygens (including phenoxy) is 1. The van der Waals surface area contributed by atoms with Crippen molar-refractivity contribution >= 4 is 28.9 Å². The molecule has 0 unspecified atom stereocenters. The van der Waals surface area contributed by atoms with Crippen LogP contribution in [0.25, 0.3) is 10.8 Å². The van der Waals surface area contributed by atoms with Gasteiger partial charge in [0.1, 0.15) is 18.6 Å². The molecule has 0 aliphatic carbocycles. The van der Waals surface area contributed by atoms with Crippen LogP contribution in [0.4, 0.5) is 0 Å². The summed E-state index contributed by atoms with van der Waals surface area (Å²) in [7, 11) is 0. The second kappa shape index (κ2) is 6.11. The Kier molecular flexibility index (Phi) is 4.03. The van der Waals surface area contributed by atoms with Crippen LogP contribution in [0.15, 0.2) is 52.5 Å². The predicted molar refractivity (Wildman–Crippen MR) is 80.4 cm³/mol. The fourth-order valence-corrected chi connectivity index (χ4v) is 2.48. The third-order valence-corrected chi connectivity index (χ3v) is 3.82. The van der Waals surface area contributed by atoms with Crippen molar-refractivity contribution in [1.82, 2.24) is 4.98 Å². The number of carbonyl (C=O) groups excluding carboxylic acids is 1. The quantitative estimate of drug-likeness (QED) is 0.668. The van der Waals surface area contributed by atoms with E-state index >= 15 is 0 Å². The number of oxazole rings is 1. The Morgan fingerprint density at radius 1 is 1.29 bits per heavy atom. The van der Waals surface area contributed by atoms with E-state index in [4.69, 9.17) is 20.8 Å². The Morgan fingerprint density at radius 3 is 2.81 bits per heavy atom. The lowest BCUT2D eigenvalue weighted by Crippen LogP contribution is -2.05. The van der Waals surface area contributed by atoms with Gasteiger partial charge in [0.2, 0.25) is 5.89 Å². The van der Waals surface area contributed by atoms with Crippen molar-refractivity contribution in [2.45, 2.75) is 6.61 Å². The van der Waals surface area contributed by atoms with E-state index in [0.717, 1.165) is 4.88 Å².